The predicted octanol–water partition coefficient (Wildman–Crippen LogP) is 18.3. The number of benzene rings is 11. The van der Waals surface area contributed by atoms with Gasteiger partial charge in [-0.2, -0.15) is 0 Å². The Bertz CT molecular complexity index is 3880. The molecule has 0 fully saturated rings. The average molecular weight is 953 g/mol. The third-order valence-electron chi connectivity index (χ3n) is 15.7. The minimum atomic E-state index is -0.167. The van der Waals surface area contributed by atoms with Crippen molar-refractivity contribution in [3.05, 3.63) is 287 Å². The van der Waals surface area contributed by atoms with Crippen LogP contribution >= 0.6 is 0 Å². The van der Waals surface area contributed by atoms with Crippen LogP contribution in [0.1, 0.15) is 62.8 Å². The molecule has 0 unspecified atom stereocenters. The van der Waals surface area contributed by atoms with Gasteiger partial charge in [0.25, 0.3) is 0 Å². The van der Waals surface area contributed by atoms with Crippen LogP contribution < -0.4 is 20.2 Å². The second-order valence-electron chi connectivity index (χ2n) is 20.8. The van der Waals surface area contributed by atoms with E-state index < -0.39 is 0 Å². The Morgan fingerprint density at radius 2 is 0.595 bits per heavy atom. The summed E-state index contributed by atoms with van der Waals surface area (Å²) in [6.07, 6.45) is 6.92. The van der Waals surface area contributed by atoms with Crippen LogP contribution in [0.3, 0.4) is 0 Å². The quantitative estimate of drug-likeness (QED) is 0.113. The van der Waals surface area contributed by atoms with E-state index in [1.807, 2.05) is 0 Å². The molecule has 0 amide bonds. The van der Waals surface area contributed by atoms with Crippen LogP contribution in [-0.4, -0.2) is 0 Å². The van der Waals surface area contributed by atoms with Crippen molar-refractivity contribution in [1.82, 2.24) is 0 Å². The van der Waals surface area contributed by atoms with Crippen molar-refractivity contribution in [2.24, 2.45) is 0 Å². The fourth-order valence-corrected chi connectivity index (χ4v) is 11.3. The molecule has 0 saturated heterocycles. The topological polar surface area (TPSA) is 6.48 Å². The van der Waals surface area contributed by atoms with Crippen molar-refractivity contribution in [3.63, 3.8) is 0 Å². The van der Waals surface area contributed by atoms with E-state index in [9.17, 15) is 0 Å². The fourth-order valence-electron chi connectivity index (χ4n) is 11.3. The predicted molar refractivity (Wildman–Crippen MR) is 316 cm³/mol. The van der Waals surface area contributed by atoms with Gasteiger partial charge in [0.05, 0.1) is 11.4 Å². The lowest BCUT2D eigenvalue weighted by molar-refractivity contribution is 0.641. The van der Waals surface area contributed by atoms with Gasteiger partial charge >= 0.3 is 0 Å². The van der Waals surface area contributed by atoms with Gasteiger partial charge in [-0.15, -0.1) is 0 Å². The number of hydrogen-bond donors (Lipinski definition) is 0. The van der Waals surface area contributed by atoms with Gasteiger partial charge in [-0.1, -0.05) is 234 Å². The molecule has 0 spiro atoms. The van der Waals surface area contributed by atoms with Gasteiger partial charge in [0.1, 0.15) is 0 Å². The Balaban J connectivity index is 1.05. The third kappa shape index (κ3) is 8.57. The Morgan fingerprint density at radius 3 is 1.04 bits per heavy atom. The van der Waals surface area contributed by atoms with E-state index in [0.717, 1.165) is 41.3 Å². The molecule has 1 aliphatic carbocycles. The summed E-state index contributed by atoms with van der Waals surface area (Å²) in [7, 11) is 0. The molecule has 11 aromatic carbocycles. The standard InChI is InChI=1S/C72H60N2/c1-71(2,55-25-13-7-14-26-55)57-37-45-61(46-38-57)73(59-41-33-53(34-42-59)51-21-9-5-10-22-51)69-49-67-64-30-18-20-32-66(64)70(50-68(67)63-29-17-19-31-65(63)69)74(60-43-35-54(36-44-60)52-23-11-6-12-24-52)62-47-39-58(40-48-62)72(3,4)56-27-15-8-16-28-56/h5-17,19,21-50H,18,20H2,1-4H3. The van der Waals surface area contributed by atoms with Crippen LogP contribution in [0.5, 0.6) is 0 Å². The molecule has 0 N–H and O–H groups in total. The Kier molecular flexibility index (Phi) is 12.1. The highest BCUT2D eigenvalue weighted by Gasteiger charge is 2.27. The summed E-state index contributed by atoms with van der Waals surface area (Å²) in [5, 5.41) is 7.44. The highest BCUT2D eigenvalue weighted by molar-refractivity contribution is 6.16. The second kappa shape index (κ2) is 19.4. The van der Waals surface area contributed by atoms with E-state index in [0.29, 0.717) is 0 Å². The normalized spacial score (nSPS) is 12.4. The van der Waals surface area contributed by atoms with Crippen LogP contribution in [0.15, 0.2) is 255 Å². The van der Waals surface area contributed by atoms with E-state index >= 15 is 0 Å². The summed E-state index contributed by atoms with van der Waals surface area (Å²) < 4.78 is 0. The van der Waals surface area contributed by atoms with E-state index in [4.69, 9.17) is 0 Å². The maximum atomic E-state index is 2.49. The summed E-state index contributed by atoms with van der Waals surface area (Å²) in [5.74, 6) is 0. The summed E-state index contributed by atoms with van der Waals surface area (Å²) in [5.41, 5.74) is 16.4. The third-order valence-corrected chi connectivity index (χ3v) is 15.7. The van der Waals surface area contributed by atoms with Crippen LogP contribution in [0, 0.1) is 0 Å². The fraction of sp³-hybridized carbons (Fsp3) is 0.111. The maximum Gasteiger partial charge on any atom is 0.0546 e. The Labute approximate surface area is 436 Å². The van der Waals surface area contributed by atoms with Crippen LogP contribution in [-0.2, 0) is 10.8 Å². The van der Waals surface area contributed by atoms with Crippen molar-refractivity contribution >= 4 is 67.8 Å². The van der Waals surface area contributed by atoms with Crippen molar-refractivity contribution in [1.29, 1.82) is 0 Å². The molecule has 0 atom stereocenters. The molecule has 1 aliphatic rings. The van der Waals surface area contributed by atoms with E-state index in [2.05, 4.69) is 304 Å². The van der Waals surface area contributed by atoms with Crippen molar-refractivity contribution in [2.45, 2.75) is 51.4 Å². The van der Waals surface area contributed by atoms with Gasteiger partial charge in [0.2, 0.25) is 0 Å². The van der Waals surface area contributed by atoms with Gasteiger partial charge in [-0.05, 0) is 139 Å². The molecule has 11 aromatic rings. The molecule has 0 aromatic heterocycles. The number of nitrogens with zero attached hydrogens (tertiary/aromatic N) is 2. The minimum absolute atomic E-state index is 0.165. The first-order valence-corrected chi connectivity index (χ1v) is 26.1. The van der Waals surface area contributed by atoms with Crippen LogP contribution in [0.25, 0.3) is 56.0 Å². The molecule has 358 valence electrons. The summed E-state index contributed by atoms with van der Waals surface area (Å²) >= 11 is 0. The Morgan fingerprint density at radius 1 is 0.270 bits per heavy atom. The largest absolute Gasteiger partial charge is 0.310 e. The number of anilines is 6. The highest BCUT2D eigenvalue weighted by atomic mass is 15.2. The average Bonchev–Trinajstić information content (AvgIpc) is 3.47. The molecule has 0 radical (unpaired) electrons. The molecular formula is C72H60N2. The molecule has 0 heterocycles. The smallest absolute Gasteiger partial charge is 0.0546 e. The first kappa shape index (κ1) is 46.4. The lowest BCUT2D eigenvalue weighted by atomic mass is 9.78. The zero-order chi connectivity index (χ0) is 50.2. The molecule has 0 aliphatic heterocycles. The van der Waals surface area contributed by atoms with Gasteiger partial charge in [0, 0.05) is 44.2 Å². The molecule has 74 heavy (non-hydrogen) atoms. The van der Waals surface area contributed by atoms with Gasteiger partial charge in [0.15, 0.2) is 0 Å². The molecule has 0 bridgehead atoms. The molecule has 2 nitrogen and oxygen atoms in total. The monoisotopic (exact) mass is 952 g/mol. The van der Waals surface area contributed by atoms with Crippen LogP contribution in [0.4, 0.5) is 34.1 Å². The molecule has 12 rings (SSSR count). The van der Waals surface area contributed by atoms with Crippen molar-refractivity contribution in [3.8, 4) is 22.3 Å². The number of rotatable bonds is 12. The van der Waals surface area contributed by atoms with Gasteiger partial charge in [-0.25, -0.2) is 0 Å². The first-order valence-electron chi connectivity index (χ1n) is 26.1. The van der Waals surface area contributed by atoms with Gasteiger partial charge in [-0.3, -0.25) is 0 Å². The molecular weight excluding hydrogens is 893 g/mol. The van der Waals surface area contributed by atoms with E-state index in [-0.39, 0.29) is 10.8 Å². The first-order chi connectivity index (χ1) is 36.2. The SMILES string of the molecule is CC(C)(c1ccccc1)c1ccc(N(c2ccc(-c3ccccc3)cc2)c2cc3c(cc(N(c4ccc(-c5ccccc5)cc4)c4ccc(C(C)(C)c5ccccc5)cc4)c4ccccc43)c3c2=CCCC=3)cc1. The second-order valence-corrected chi connectivity index (χ2v) is 20.8. The van der Waals surface area contributed by atoms with E-state index in [1.165, 1.54) is 82.2 Å². The maximum absolute atomic E-state index is 2.49. The lowest BCUT2D eigenvalue weighted by Gasteiger charge is -2.31. The Hall–Kier alpha value is -8.72. The van der Waals surface area contributed by atoms with E-state index in [1.54, 1.807) is 0 Å². The lowest BCUT2D eigenvalue weighted by Crippen LogP contribution is -2.33. The summed E-state index contributed by atoms with van der Waals surface area (Å²) in [6.45, 7) is 9.29. The van der Waals surface area contributed by atoms with Crippen molar-refractivity contribution < 1.29 is 0 Å². The zero-order valence-electron chi connectivity index (χ0n) is 42.7. The number of fused-ring (bicyclic) bond motifs is 5. The molecule has 0 saturated carbocycles. The minimum Gasteiger partial charge on any atom is -0.310 e. The number of hydrogen-bond acceptors (Lipinski definition) is 2. The van der Waals surface area contributed by atoms with Crippen molar-refractivity contribution in [2.75, 3.05) is 9.80 Å². The van der Waals surface area contributed by atoms with Gasteiger partial charge < -0.3 is 9.80 Å². The summed E-state index contributed by atoms with van der Waals surface area (Å²) in [4.78, 5) is 4.96. The van der Waals surface area contributed by atoms with Crippen LogP contribution in [0.2, 0.25) is 0 Å². The summed E-state index contributed by atoms with van der Waals surface area (Å²) in [6, 6.07) is 93.8. The zero-order valence-corrected chi connectivity index (χ0v) is 42.7. The highest BCUT2D eigenvalue weighted by Crippen LogP contribution is 2.45. The molecule has 2 heteroatoms.